The smallest absolute Gasteiger partial charge is 0.0490 e. The molecular formula is C30H39N4P. The van der Waals surface area contributed by atoms with E-state index in [4.69, 9.17) is 0 Å². The molecule has 4 nitrogen and oxygen atoms in total. The lowest BCUT2D eigenvalue weighted by atomic mass is 9.91. The second kappa shape index (κ2) is 12.6. The fourth-order valence-electron chi connectivity index (χ4n) is 4.35. The summed E-state index contributed by atoms with van der Waals surface area (Å²) in [6.07, 6.45) is 10.6. The summed E-state index contributed by atoms with van der Waals surface area (Å²) in [7, 11) is 2.08. The average molecular weight is 487 g/mol. The Morgan fingerprint density at radius 2 is 2.03 bits per heavy atom. The SMILES string of the molecule is C=CN(/C=C(\C)CCP(C)C)Cc1ccc(-c2cccc(NC)c2)c2c1NC/C2=C\C(C)=C/N=C. The Bertz CT molecular complexity index is 1160. The number of anilines is 2. The highest BCUT2D eigenvalue weighted by atomic mass is 31.1. The minimum Gasteiger partial charge on any atom is -0.388 e. The van der Waals surface area contributed by atoms with E-state index in [1.807, 2.05) is 19.4 Å². The zero-order valence-corrected chi connectivity index (χ0v) is 22.8. The fourth-order valence-corrected chi connectivity index (χ4v) is 5.15. The molecule has 1 aliphatic heterocycles. The molecule has 2 N–H and O–H groups in total. The first kappa shape index (κ1) is 26.5. The van der Waals surface area contributed by atoms with E-state index >= 15 is 0 Å². The summed E-state index contributed by atoms with van der Waals surface area (Å²) < 4.78 is 0. The first-order valence-electron chi connectivity index (χ1n) is 12.1. The van der Waals surface area contributed by atoms with Crippen LogP contribution in [0.4, 0.5) is 11.4 Å². The van der Waals surface area contributed by atoms with E-state index in [2.05, 4.69) is 110 Å². The highest BCUT2D eigenvalue weighted by molar-refractivity contribution is 7.55. The van der Waals surface area contributed by atoms with Crippen LogP contribution in [0.2, 0.25) is 0 Å². The van der Waals surface area contributed by atoms with Crippen LogP contribution in [0.5, 0.6) is 0 Å². The van der Waals surface area contributed by atoms with Gasteiger partial charge in [0.05, 0.1) is 0 Å². The lowest BCUT2D eigenvalue weighted by Gasteiger charge is -2.20. The van der Waals surface area contributed by atoms with Gasteiger partial charge in [-0.1, -0.05) is 42.5 Å². The van der Waals surface area contributed by atoms with Gasteiger partial charge in [0.15, 0.2) is 0 Å². The van der Waals surface area contributed by atoms with E-state index in [0.29, 0.717) is 0 Å². The molecule has 3 rings (SSSR count). The summed E-state index contributed by atoms with van der Waals surface area (Å²) in [6.45, 7) is 18.2. The van der Waals surface area contributed by atoms with Gasteiger partial charge in [-0.25, -0.2) is 0 Å². The lowest BCUT2D eigenvalue weighted by molar-refractivity contribution is 0.498. The predicted molar refractivity (Wildman–Crippen MR) is 159 cm³/mol. The molecule has 1 heterocycles. The maximum absolute atomic E-state index is 4.08. The molecule has 0 saturated carbocycles. The van der Waals surface area contributed by atoms with E-state index in [-0.39, 0.29) is 7.92 Å². The van der Waals surface area contributed by atoms with Crippen molar-refractivity contribution in [2.24, 2.45) is 4.99 Å². The Balaban J connectivity index is 2.05. The van der Waals surface area contributed by atoms with Gasteiger partial charge in [0, 0.05) is 49.5 Å². The Morgan fingerprint density at radius 3 is 2.71 bits per heavy atom. The van der Waals surface area contributed by atoms with Crippen molar-refractivity contribution < 1.29 is 0 Å². The van der Waals surface area contributed by atoms with Crippen LogP contribution in [0, 0.1) is 0 Å². The minimum atomic E-state index is 0.120. The van der Waals surface area contributed by atoms with Crippen LogP contribution in [-0.4, -0.2) is 44.7 Å². The van der Waals surface area contributed by atoms with Gasteiger partial charge in [-0.3, -0.25) is 4.99 Å². The second-order valence-corrected chi connectivity index (χ2v) is 11.9. The molecule has 0 amide bonds. The minimum absolute atomic E-state index is 0.120. The quantitative estimate of drug-likeness (QED) is 0.252. The van der Waals surface area contributed by atoms with Gasteiger partial charge in [0.25, 0.3) is 0 Å². The van der Waals surface area contributed by atoms with Crippen LogP contribution in [-0.2, 0) is 6.54 Å². The van der Waals surface area contributed by atoms with E-state index in [9.17, 15) is 0 Å². The molecule has 2 aromatic rings. The molecule has 0 atom stereocenters. The van der Waals surface area contributed by atoms with E-state index in [1.54, 1.807) is 0 Å². The Hall–Kier alpha value is -3.10. The second-order valence-electron chi connectivity index (χ2n) is 9.32. The zero-order valence-electron chi connectivity index (χ0n) is 21.9. The van der Waals surface area contributed by atoms with Crippen LogP contribution in [0.1, 0.15) is 31.4 Å². The molecular weight excluding hydrogens is 447 g/mol. The van der Waals surface area contributed by atoms with Crippen molar-refractivity contribution in [1.82, 2.24) is 4.90 Å². The summed E-state index contributed by atoms with van der Waals surface area (Å²) in [6, 6.07) is 13.1. The number of fused-ring (bicyclic) bond motifs is 1. The maximum atomic E-state index is 4.08. The molecule has 0 aliphatic carbocycles. The lowest BCUT2D eigenvalue weighted by Crippen LogP contribution is -2.11. The number of hydrogen-bond donors (Lipinski definition) is 2. The standard InChI is InChI=1S/C30H39N4P/c1-8-34(20-22(2)14-15-35(6)7)21-25-12-13-28(24-10-9-11-27(17-24)32-5)29-26(19-33-30(25)29)16-23(3)18-31-4/h8-13,16-18,20,32-33H,1,4,14-15,19,21H2,2-3,5-7H3/b22-20+,23-18-,26-16+. The van der Waals surface area contributed by atoms with Crippen LogP contribution in [0.25, 0.3) is 16.7 Å². The van der Waals surface area contributed by atoms with E-state index in [0.717, 1.165) is 30.8 Å². The van der Waals surface area contributed by atoms with Crippen LogP contribution < -0.4 is 10.6 Å². The molecule has 0 radical (unpaired) electrons. The van der Waals surface area contributed by atoms with Gasteiger partial charge in [-0.05, 0) is 92.6 Å². The van der Waals surface area contributed by atoms with Crippen molar-refractivity contribution in [3.63, 3.8) is 0 Å². The van der Waals surface area contributed by atoms with Gasteiger partial charge in [-0.2, -0.15) is 0 Å². The Morgan fingerprint density at radius 1 is 1.23 bits per heavy atom. The first-order valence-corrected chi connectivity index (χ1v) is 14.5. The number of benzene rings is 2. The molecule has 0 saturated heterocycles. The van der Waals surface area contributed by atoms with Crippen LogP contribution >= 0.6 is 7.92 Å². The van der Waals surface area contributed by atoms with Gasteiger partial charge in [0.2, 0.25) is 0 Å². The molecule has 184 valence electrons. The highest BCUT2D eigenvalue weighted by Crippen LogP contribution is 2.42. The van der Waals surface area contributed by atoms with Crippen molar-refractivity contribution in [2.75, 3.05) is 43.7 Å². The fraction of sp³-hybridized carbons (Fsp3) is 0.300. The molecule has 0 aromatic heterocycles. The summed E-state index contributed by atoms with van der Waals surface area (Å²) >= 11 is 0. The third kappa shape index (κ3) is 6.96. The highest BCUT2D eigenvalue weighted by Gasteiger charge is 2.24. The monoisotopic (exact) mass is 486 g/mol. The molecule has 1 aliphatic rings. The van der Waals surface area contributed by atoms with Crippen molar-refractivity contribution in [3.8, 4) is 11.1 Å². The van der Waals surface area contributed by atoms with Crippen molar-refractivity contribution in [1.29, 1.82) is 0 Å². The molecule has 35 heavy (non-hydrogen) atoms. The van der Waals surface area contributed by atoms with Crippen LogP contribution in [0.3, 0.4) is 0 Å². The topological polar surface area (TPSA) is 39.7 Å². The van der Waals surface area contributed by atoms with Crippen molar-refractivity contribution in [2.45, 2.75) is 26.8 Å². The van der Waals surface area contributed by atoms with E-state index < -0.39 is 0 Å². The van der Waals surface area contributed by atoms with E-state index in [1.165, 1.54) is 45.2 Å². The number of aliphatic imine (C=N–C) groups is 1. The number of allylic oxidation sites excluding steroid dienone is 3. The number of hydrogen-bond acceptors (Lipinski definition) is 4. The molecule has 0 spiro atoms. The molecule has 5 heteroatoms. The van der Waals surface area contributed by atoms with Crippen molar-refractivity contribution in [3.05, 3.63) is 89.9 Å². The molecule has 0 fully saturated rings. The third-order valence-corrected chi connectivity index (χ3v) is 7.27. The van der Waals surface area contributed by atoms with Gasteiger partial charge in [0.1, 0.15) is 0 Å². The summed E-state index contributed by atoms with van der Waals surface area (Å²) in [5, 5.41) is 6.96. The summed E-state index contributed by atoms with van der Waals surface area (Å²) in [5.74, 6) is 0. The normalized spacial score (nSPS) is 14.6. The Kier molecular flexibility index (Phi) is 9.51. The van der Waals surface area contributed by atoms with Gasteiger partial charge >= 0.3 is 0 Å². The zero-order chi connectivity index (χ0) is 25.4. The van der Waals surface area contributed by atoms with Gasteiger partial charge in [-0.15, -0.1) is 7.92 Å². The van der Waals surface area contributed by atoms with Crippen molar-refractivity contribution >= 4 is 31.6 Å². The van der Waals surface area contributed by atoms with Gasteiger partial charge < -0.3 is 15.5 Å². The maximum Gasteiger partial charge on any atom is 0.0490 e. The molecule has 0 bridgehead atoms. The summed E-state index contributed by atoms with van der Waals surface area (Å²) in [5.41, 5.74) is 11.0. The largest absolute Gasteiger partial charge is 0.388 e. The predicted octanol–water partition coefficient (Wildman–Crippen LogP) is 7.79. The number of rotatable bonds is 11. The first-order chi connectivity index (χ1) is 16.9. The molecule has 0 unspecified atom stereocenters. The van der Waals surface area contributed by atoms with Crippen LogP contribution in [0.15, 0.2) is 83.8 Å². The average Bonchev–Trinajstić information content (AvgIpc) is 3.26. The summed E-state index contributed by atoms with van der Waals surface area (Å²) in [4.78, 5) is 6.15. The number of nitrogens with zero attached hydrogens (tertiary/aromatic N) is 2. The Labute approximate surface area is 213 Å². The third-order valence-electron chi connectivity index (χ3n) is 6.15. The molecule has 2 aromatic carbocycles. The number of nitrogens with one attached hydrogen (secondary N) is 2.